The number of amides is 1. The predicted molar refractivity (Wildman–Crippen MR) is 103 cm³/mol. The van der Waals surface area contributed by atoms with Gasteiger partial charge in [0.15, 0.2) is 0 Å². The molecule has 1 aliphatic rings. The third-order valence-electron chi connectivity index (χ3n) is 4.78. The lowest BCUT2D eigenvalue weighted by Crippen LogP contribution is -2.36. The fourth-order valence-corrected chi connectivity index (χ4v) is 3.46. The van der Waals surface area contributed by atoms with Gasteiger partial charge < -0.3 is 9.47 Å². The van der Waals surface area contributed by atoms with Crippen molar-refractivity contribution in [3.05, 3.63) is 100.0 Å². The van der Waals surface area contributed by atoms with Gasteiger partial charge in [-0.2, -0.15) is 0 Å². The van der Waals surface area contributed by atoms with E-state index in [-0.39, 0.29) is 11.5 Å². The number of anilines is 1. The lowest BCUT2D eigenvalue weighted by molar-refractivity contribution is 0.0984. The zero-order chi connectivity index (χ0) is 17.9. The summed E-state index contributed by atoms with van der Waals surface area (Å²) in [7, 11) is 0. The Morgan fingerprint density at radius 2 is 1.69 bits per heavy atom. The van der Waals surface area contributed by atoms with Gasteiger partial charge in [-0.3, -0.25) is 9.59 Å². The van der Waals surface area contributed by atoms with Crippen molar-refractivity contribution in [2.45, 2.75) is 19.4 Å². The predicted octanol–water partition coefficient (Wildman–Crippen LogP) is 3.49. The molecule has 0 aliphatic carbocycles. The molecule has 1 aromatic heterocycles. The Kier molecular flexibility index (Phi) is 4.40. The summed E-state index contributed by atoms with van der Waals surface area (Å²) in [6.45, 7) is 1.16. The highest BCUT2D eigenvalue weighted by atomic mass is 16.2. The van der Waals surface area contributed by atoms with Crippen molar-refractivity contribution in [2.24, 2.45) is 0 Å². The summed E-state index contributed by atoms with van der Waals surface area (Å²) < 4.78 is 1.60. The van der Waals surface area contributed by atoms with Crippen molar-refractivity contribution >= 4 is 11.6 Å². The third-order valence-corrected chi connectivity index (χ3v) is 4.78. The average Bonchev–Trinajstić information content (AvgIpc) is 2.69. The van der Waals surface area contributed by atoms with Gasteiger partial charge in [-0.05, 0) is 36.1 Å². The molecule has 1 amide bonds. The van der Waals surface area contributed by atoms with Gasteiger partial charge in [0.25, 0.3) is 11.5 Å². The molecule has 2 heterocycles. The number of hydrogen-bond donors (Lipinski definition) is 0. The fraction of sp³-hybridized carbons (Fsp3) is 0.182. The van der Waals surface area contributed by atoms with E-state index in [0.29, 0.717) is 18.7 Å². The Morgan fingerprint density at radius 1 is 0.923 bits per heavy atom. The van der Waals surface area contributed by atoms with Crippen LogP contribution in [0.4, 0.5) is 5.69 Å². The van der Waals surface area contributed by atoms with Gasteiger partial charge in [0.1, 0.15) is 0 Å². The maximum absolute atomic E-state index is 13.1. The van der Waals surface area contributed by atoms with Crippen LogP contribution in [0, 0.1) is 0 Å². The Balaban J connectivity index is 1.65. The zero-order valence-corrected chi connectivity index (χ0v) is 14.5. The number of para-hydroxylation sites is 1. The molecular weight excluding hydrogens is 324 g/mol. The van der Waals surface area contributed by atoms with Crippen LogP contribution in [-0.2, 0) is 13.0 Å². The maximum atomic E-state index is 13.1. The highest BCUT2D eigenvalue weighted by molar-refractivity contribution is 6.06. The van der Waals surface area contributed by atoms with Gasteiger partial charge in [0, 0.05) is 24.5 Å². The first-order valence-electron chi connectivity index (χ1n) is 8.86. The molecule has 0 saturated heterocycles. The summed E-state index contributed by atoms with van der Waals surface area (Å²) >= 11 is 0. The van der Waals surface area contributed by atoms with Gasteiger partial charge in [-0.15, -0.1) is 0 Å². The van der Waals surface area contributed by atoms with Crippen LogP contribution in [-0.4, -0.2) is 17.0 Å². The number of hydrogen-bond acceptors (Lipinski definition) is 2. The molecule has 26 heavy (non-hydrogen) atoms. The molecule has 0 radical (unpaired) electrons. The molecule has 130 valence electrons. The lowest BCUT2D eigenvalue weighted by Gasteiger charge is -2.29. The lowest BCUT2D eigenvalue weighted by atomic mass is 10.0. The summed E-state index contributed by atoms with van der Waals surface area (Å²) in [6, 6.07) is 20.9. The summed E-state index contributed by atoms with van der Waals surface area (Å²) in [6.07, 6.45) is 3.62. The molecule has 4 heteroatoms. The number of carbonyl (C=O) groups is 1. The molecule has 1 aliphatic heterocycles. The molecule has 0 atom stereocenters. The largest absolute Gasteiger partial charge is 0.310 e. The summed E-state index contributed by atoms with van der Waals surface area (Å²) in [5.41, 5.74) is 3.64. The molecule has 0 fully saturated rings. The summed E-state index contributed by atoms with van der Waals surface area (Å²) in [5.74, 6) is -0.0565. The molecule has 0 spiro atoms. The topological polar surface area (TPSA) is 42.3 Å². The van der Waals surface area contributed by atoms with Crippen molar-refractivity contribution in [1.29, 1.82) is 0 Å². The number of aromatic nitrogens is 1. The highest BCUT2D eigenvalue weighted by Crippen LogP contribution is 2.27. The first kappa shape index (κ1) is 16.3. The molecule has 3 aromatic rings. The van der Waals surface area contributed by atoms with E-state index in [4.69, 9.17) is 0 Å². The second-order valence-electron chi connectivity index (χ2n) is 6.56. The molecule has 4 rings (SSSR count). The molecule has 0 saturated carbocycles. The Labute approximate surface area is 152 Å². The van der Waals surface area contributed by atoms with Gasteiger partial charge in [-0.25, -0.2) is 0 Å². The van der Waals surface area contributed by atoms with Crippen LogP contribution in [0.1, 0.15) is 27.9 Å². The van der Waals surface area contributed by atoms with Crippen LogP contribution in [0.25, 0.3) is 0 Å². The van der Waals surface area contributed by atoms with Crippen molar-refractivity contribution in [1.82, 2.24) is 4.57 Å². The minimum atomic E-state index is -0.107. The van der Waals surface area contributed by atoms with Crippen LogP contribution >= 0.6 is 0 Å². The van der Waals surface area contributed by atoms with Crippen molar-refractivity contribution < 1.29 is 4.79 Å². The third kappa shape index (κ3) is 3.18. The van der Waals surface area contributed by atoms with E-state index in [9.17, 15) is 9.59 Å². The number of carbonyl (C=O) groups excluding carboxylic acids is 1. The second-order valence-corrected chi connectivity index (χ2v) is 6.56. The minimum Gasteiger partial charge on any atom is -0.310 e. The minimum absolute atomic E-state index is 0.0565. The smallest absolute Gasteiger partial charge is 0.259 e. The van der Waals surface area contributed by atoms with Gasteiger partial charge in [0.05, 0.1) is 12.1 Å². The van der Waals surface area contributed by atoms with Gasteiger partial charge in [0.2, 0.25) is 0 Å². The van der Waals surface area contributed by atoms with Gasteiger partial charge >= 0.3 is 0 Å². The number of pyridine rings is 1. The second kappa shape index (κ2) is 7.00. The zero-order valence-electron chi connectivity index (χ0n) is 14.5. The molecule has 0 N–H and O–H groups in total. The number of nitrogens with zero attached hydrogens (tertiary/aromatic N) is 2. The molecule has 4 nitrogen and oxygen atoms in total. The summed E-state index contributed by atoms with van der Waals surface area (Å²) in [5, 5.41) is 0. The monoisotopic (exact) mass is 344 g/mol. The van der Waals surface area contributed by atoms with Crippen molar-refractivity contribution in [2.75, 3.05) is 11.4 Å². The molecule has 0 bridgehead atoms. The van der Waals surface area contributed by atoms with Crippen LogP contribution in [0.5, 0.6) is 0 Å². The Morgan fingerprint density at radius 3 is 2.54 bits per heavy atom. The number of rotatable bonds is 3. The standard InChI is InChI=1S/C22H20N2O2/c25-21-13-12-19(16-23(21)15-17-7-2-1-3-8-17)22(26)24-14-6-10-18-9-4-5-11-20(18)24/h1-5,7-9,11-13,16H,6,10,14-15H2. The molecular formula is C22H20N2O2. The quantitative estimate of drug-likeness (QED) is 0.730. The number of aryl methyl sites for hydroxylation is 1. The van der Waals surface area contributed by atoms with Gasteiger partial charge in [-0.1, -0.05) is 48.5 Å². The van der Waals surface area contributed by atoms with Crippen LogP contribution in [0.2, 0.25) is 0 Å². The first-order valence-corrected chi connectivity index (χ1v) is 8.86. The van der Waals surface area contributed by atoms with Crippen LogP contribution in [0.3, 0.4) is 0 Å². The first-order chi connectivity index (χ1) is 12.7. The normalized spacial score (nSPS) is 13.3. The maximum Gasteiger partial charge on any atom is 0.259 e. The van der Waals surface area contributed by atoms with E-state index in [1.165, 1.54) is 11.6 Å². The molecule has 2 aromatic carbocycles. The SMILES string of the molecule is O=C(c1ccc(=O)n(Cc2ccccc2)c1)N1CCCc2ccccc21. The Bertz CT molecular complexity index is 992. The fourth-order valence-electron chi connectivity index (χ4n) is 3.46. The van der Waals surface area contributed by atoms with E-state index in [2.05, 4.69) is 6.07 Å². The van der Waals surface area contributed by atoms with E-state index in [1.807, 2.05) is 53.4 Å². The van der Waals surface area contributed by atoms with E-state index in [1.54, 1.807) is 16.8 Å². The highest BCUT2D eigenvalue weighted by Gasteiger charge is 2.23. The van der Waals surface area contributed by atoms with Crippen LogP contribution < -0.4 is 10.5 Å². The number of benzene rings is 2. The van der Waals surface area contributed by atoms with E-state index >= 15 is 0 Å². The average molecular weight is 344 g/mol. The van der Waals surface area contributed by atoms with E-state index in [0.717, 1.165) is 24.1 Å². The molecule has 0 unspecified atom stereocenters. The summed E-state index contributed by atoms with van der Waals surface area (Å²) in [4.78, 5) is 27.1. The van der Waals surface area contributed by atoms with Crippen molar-refractivity contribution in [3.8, 4) is 0 Å². The van der Waals surface area contributed by atoms with E-state index < -0.39 is 0 Å². The Hall–Kier alpha value is -3.14. The number of fused-ring (bicyclic) bond motifs is 1. The van der Waals surface area contributed by atoms with Crippen LogP contribution in [0.15, 0.2) is 77.7 Å². The van der Waals surface area contributed by atoms with Crippen molar-refractivity contribution in [3.63, 3.8) is 0 Å².